The molecule has 2 N–H and O–H groups in total. The second-order valence-corrected chi connectivity index (χ2v) is 9.37. The quantitative estimate of drug-likeness (QED) is 0.891. The highest BCUT2D eigenvalue weighted by Gasteiger charge is 2.32. The Balaban J connectivity index is 2.11. The highest BCUT2D eigenvalue weighted by Crippen LogP contribution is 2.25. The monoisotopic (exact) mass is 320 g/mol. The number of sulfone groups is 1. The van der Waals surface area contributed by atoms with Crippen LogP contribution in [0, 0.1) is 0 Å². The van der Waals surface area contributed by atoms with Crippen LogP contribution in [0.3, 0.4) is 0 Å². The third kappa shape index (κ3) is 3.72. The molecule has 1 saturated heterocycles. The van der Waals surface area contributed by atoms with Crippen LogP contribution >= 0.6 is 23.1 Å². The summed E-state index contributed by atoms with van der Waals surface area (Å²) in [7, 11) is -3.00. The van der Waals surface area contributed by atoms with E-state index >= 15 is 0 Å². The molecule has 1 atom stereocenters. The molecule has 7 heteroatoms. The van der Waals surface area contributed by atoms with Gasteiger partial charge in [0.25, 0.3) is 0 Å². The van der Waals surface area contributed by atoms with Crippen molar-refractivity contribution < 1.29 is 8.42 Å². The van der Waals surface area contributed by atoms with E-state index in [1.165, 1.54) is 4.88 Å². The second kappa shape index (κ2) is 6.58. The summed E-state index contributed by atoms with van der Waals surface area (Å²) in [5, 5.41) is -0.334. The first-order chi connectivity index (χ1) is 9.06. The highest BCUT2D eigenvalue weighted by molar-refractivity contribution is 8.01. The molecule has 2 heterocycles. The van der Waals surface area contributed by atoms with Gasteiger partial charge in [0.1, 0.15) is 5.37 Å². The number of rotatable bonds is 5. The summed E-state index contributed by atoms with van der Waals surface area (Å²) < 4.78 is 24.3. The van der Waals surface area contributed by atoms with Gasteiger partial charge in [-0.1, -0.05) is 6.92 Å². The van der Waals surface area contributed by atoms with Crippen molar-refractivity contribution in [3.8, 4) is 0 Å². The predicted octanol–water partition coefficient (Wildman–Crippen LogP) is 1.52. The molecule has 0 bridgehead atoms. The van der Waals surface area contributed by atoms with Gasteiger partial charge in [0.05, 0.1) is 0 Å². The lowest BCUT2D eigenvalue weighted by molar-refractivity contribution is 0.264. The van der Waals surface area contributed by atoms with Gasteiger partial charge in [-0.05, 0) is 12.1 Å². The fraction of sp³-hybridized carbons (Fsp3) is 0.667. The average Bonchev–Trinajstić information content (AvgIpc) is 2.87. The predicted molar refractivity (Wildman–Crippen MR) is 83.2 cm³/mol. The van der Waals surface area contributed by atoms with E-state index in [1.807, 2.05) is 6.07 Å². The Kier molecular flexibility index (Phi) is 5.30. The second-order valence-electron chi connectivity index (χ2n) is 4.52. The fourth-order valence-electron chi connectivity index (χ4n) is 2.14. The van der Waals surface area contributed by atoms with Gasteiger partial charge in [0.2, 0.25) is 0 Å². The van der Waals surface area contributed by atoms with Crippen LogP contribution in [-0.2, 0) is 22.9 Å². The molecule has 1 aromatic rings. The zero-order valence-corrected chi connectivity index (χ0v) is 13.5. The zero-order chi connectivity index (χ0) is 13.9. The van der Waals surface area contributed by atoms with E-state index < -0.39 is 9.84 Å². The molecule has 4 nitrogen and oxygen atoms in total. The molecule has 1 fully saturated rings. The normalized spacial score (nSPS) is 21.7. The number of nitrogens with two attached hydrogens (primary N) is 1. The summed E-state index contributed by atoms with van der Waals surface area (Å²) >= 11 is 3.41. The van der Waals surface area contributed by atoms with Crippen LogP contribution in [0.15, 0.2) is 12.1 Å². The molecule has 0 amide bonds. The largest absolute Gasteiger partial charge is 0.326 e. The number of thiophene rings is 1. The molecule has 1 unspecified atom stereocenters. The third-order valence-electron chi connectivity index (χ3n) is 3.28. The minimum Gasteiger partial charge on any atom is -0.326 e. The number of nitrogens with zero attached hydrogens (tertiary/aromatic N) is 1. The molecule has 1 aromatic heterocycles. The first-order valence-electron chi connectivity index (χ1n) is 6.38. The molecular weight excluding hydrogens is 300 g/mol. The Morgan fingerprint density at radius 3 is 2.79 bits per heavy atom. The SMILES string of the molecule is CCS(=O)(=O)C1CSCCN1Cc1ccc(CN)s1. The van der Waals surface area contributed by atoms with Gasteiger partial charge in [-0.2, -0.15) is 11.8 Å². The van der Waals surface area contributed by atoms with Gasteiger partial charge in [-0.3, -0.25) is 4.90 Å². The summed E-state index contributed by atoms with van der Waals surface area (Å²) in [6.07, 6.45) is 0. The van der Waals surface area contributed by atoms with Crippen molar-refractivity contribution in [1.29, 1.82) is 0 Å². The minimum atomic E-state index is -3.00. The Hall–Kier alpha value is -0.0800. The molecule has 0 aromatic carbocycles. The summed E-state index contributed by atoms with van der Waals surface area (Å²) in [6.45, 7) is 3.83. The van der Waals surface area contributed by atoms with E-state index in [0.29, 0.717) is 12.3 Å². The Labute approximate surface area is 123 Å². The van der Waals surface area contributed by atoms with Crippen LogP contribution in [-0.4, -0.2) is 42.5 Å². The van der Waals surface area contributed by atoms with E-state index in [1.54, 1.807) is 30.0 Å². The standard InChI is InChI=1S/C12H20N2O2S3/c1-2-19(15,16)12-9-17-6-5-14(12)8-11-4-3-10(7-13)18-11/h3-4,12H,2,5-9,13H2,1H3. The highest BCUT2D eigenvalue weighted by atomic mass is 32.2. The van der Waals surface area contributed by atoms with Crippen LogP contribution in [0.2, 0.25) is 0 Å². The molecule has 0 spiro atoms. The van der Waals surface area contributed by atoms with Crippen molar-refractivity contribution in [2.45, 2.75) is 25.4 Å². The Bertz CT molecular complexity index is 513. The van der Waals surface area contributed by atoms with Gasteiger partial charge in [-0.25, -0.2) is 8.42 Å². The lowest BCUT2D eigenvalue weighted by Gasteiger charge is -2.34. The topological polar surface area (TPSA) is 63.4 Å². The van der Waals surface area contributed by atoms with E-state index in [4.69, 9.17) is 5.73 Å². The maximum Gasteiger partial charge on any atom is 0.166 e. The van der Waals surface area contributed by atoms with Gasteiger partial charge in [-0.15, -0.1) is 11.3 Å². The summed E-state index contributed by atoms with van der Waals surface area (Å²) in [4.78, 5) is 4.45. The summed E-state index contributed by atoms with van der Waals surface area (Å²) in [6, 6.07) is 4.09. The van der Waals surface area contributed by atoms with Gasteiger partial charge in [0, 0.05) is 46.6 Å². The van der Waals surface area contributed by atoms with Gasteiger partial charge >= 0.3 is 0 Å². The average molecular weight is 321 g/mol. The molecular formula is C12H20N2O2S3. The van der Waals surface area contributed by atoms with Crippen molar-refractivity contribution in [3.05, 3.63) is 21.9 Å². The molecule has 1 aliphatic rings. The Morgan fingerprint density at radius 2 is 2.16 bits per heavy atom. The molecule has 0 saturated carbocycles. The lowest BCUT2D eigenvalue weighted by Crippen LogP contribution is -2.47. The van der Waals surface area contributed by atoms with Crippen LogP contribution < -0.4 is 5.73 Å². The number of hydrogen-bond donors (Lipinski definition) is 1. The third-order valence-corrected chi connectivity index (χ3v) is 7.71. The van der Waals surface area contributed by atoms with E-state index in [2.05, 4.69) is 11.0 Å². The Morgan fingerprint density at radius 1 is 1.42 bits per heavy atom. The van der Waals surface area contributed by atoms with Gasteiger partial charge < -0.3 is 5.73 Å². The van der Waals surface area contributed by atoms with Crippen molar-refractivity contribution in [2.75, 3.05) is 23.8 Å². The number of thioether (sulfide) groups is 1. The first kappa shape index (κ1) is 15.3. The maximum absolute atomic E-state index is 12.1. The molecule has 0 radical (unpaired) electrons. The molecule has 19 heavy (non-hydrogen) atoms. The van der Waals surface area contributed by atoms with E-state index in [9.17, 15) is 8.42 Å². The van der Waals surface area contributed by atoms with Gasteiger partial charge in [0.15, 0.2) is 9.84 Å². The van der Waals surface area contributed by atoms with E-state index in [0.717, 1.165) is 23.7 Å². The fourth-order valence-corrected chi connectivity index (χ4v) is 6.14. The summed E-state index contributed by atoms with van der Waals surface area (Å²) in [5.41, 5.74) is 5.61. The van der Waals surface area contributed by atoms with Crippen molar-refractivity contribution in [3.63, 3.8) is 0 Å². The zero-order valence-electron chi connectivity index (χ0n) is 11.0. The lowest BCUT2D eigenvalue weighted by atomic mass is 10.4. The van der Waals surface area contributed by atoms with Crippen LogP contribution in [0.5, 0.6) is 0 Å². The molecule has 2 rings (SSSR count). The number of hydrogen-bond acceptors (Lipinski definition) is 6. The van der Waals surface area contributed by atoms with Crippen LogP contribution in [0.25, 0.3) is 0 Å². The van der Waals surface area contributed by atoms with Crippen molar-refractivity contribution in [1.82, 2.24) is 4.90 Å². The van der Waals surface area contributed by atoms with Crippen LogP contribution in [0.1, 0.15) is 16.7 Å². The van der Waals surface area contributed by atoms with E-state index in [-0.39, 0.29) is 11.1 Å². The summed E-state index contributed by atoms with van der Waals surface area (Å²) in [5.74, 6) is 1.91. The smallest absolute Gasteiger partial charge is 0.166 e. The molecule has 0 aliphatic carbocycles. The molecule has 108 valence electrons. The van der Waals surface area contributed by atoms with Crippen molar-refractivity contribution in [2.24, 2.45) is 5.73 Å². The minimum absolute atomic E-state index is 0.215. The first-order valence-corrected chi connectivity index (χ1v) is 10.1. The van der Waals surface area contributed by atoms with Crippen LogP contribution in [0.4, 0.5) is 0 Å². The maximum atomic E-state index is 12.1. The van der Waals surface area contributed by atoms with Crippen molar-refractivity contribution >= 4 is 32.9 Å². The molecule has 1 aliphatic heterocycles.